The molecule has 3 saturated carbocycles. The standard InChI is InChI=1S/C29H40N2O2/c1-19-16-25-29(3,13-11-26(32)30-25)23-10-12-28(2)18-22(17-24(28)27(19)23)33-21-8-6-20(7-9-21)31-14-4-5-15-31/h6-9,11,13,19,22-25,27H,4-5,10,12,14-18H2,1-3H3,(H,30,32)/t19?,22-,23?,24?,25?,27?,28+,29+/m0/s1. The minimum absolute atomic E-state index is 0.0915. The summed E-state index contributed by atoms with van der Waals surface area (Å²) in [5.74, 6) is 3.85. The fourth-order valence-electron chi connectivity index (χ4n) is 8.67. The van der Waals surface area contributed by atoms with E-state index in [0.717, 1.165) is 18.1 Å². The Morgan fingerprint density at radius 1 is 1.06 bits per heavy atom. The van der Waals surface area contributed by atoms with E-state index in [1.807, 2.05) is 0 Å². The maximum Gasteiger partial charge on any atom is 0.243 e. The van der Waals surface area contributed by atoms with Gasteiger partial charge in [-0.15, -0.1) is 0 Å². The van der Waals surface area contributed by atoms with Crippen LogP contribution >= 0.6 is 0 Å². The zero-order valence-corrected chi connectivity index (χ0v) is 20.6. The molecular formula is C29H40N2O2. The van der Waals surface area contributed by atoms with Crippen molar-refractivity contribution in [1.82, 2.24) is 5.32 Å². The molecule has 2 heterocycles. The van der Waals surface area contributed by atoms with Crippen molar-refractivity contribution in [3.63, 3.8) is 0 Å². The highest BCUT2D eigenvalue weighted by molar-refractivity contribution is 5.89. The topological polar surface area (TPSA) is 41.6 Å². The Bertz CT molecular complexity index is 935. The van der Waals surface area contributed by atoms with Crippen molar-refractivity contribution in [2.45, 2.75) is 77.9 Å². The number of hydrogen-bond acceptors (Lipinski definition) is 3. The monoisotopic (exact) mass is 448 g/mol. The molecule has 0 aromatic heterocycles. The number of nitrogens with one attached hydrogen (secondary N) is 1. The van der Waals surface area contributed by atoms with Crippen molar-refractivity contribution in [2.75, 3.05) is 18.0 Å². The van der Waals surface area contributed by atoms with Gasteiger partial charge in [0.25, 0.3) is 0 Å². The lowest BCUT2D eigenvalue weighted by Gasteiger charge is -2.60. The second-order valence-electron chi connectivity index (χ2n) is 12.3. The number of benzene rings is 1. The van der Waals surface area contributed by atoms with E-state index in [-0.39, 0.29) is 17.4 Å². The highest BCUT2D eigenvalue weighted by atomic mass is 16.5. The van der Waals surface area contributed by atoms with Gasteiger partial charge in [-0.05, 0) is 104 Å². The van der Waals surface area contributed by atoms with Crippen molar-refractivity contribution in [2.24, 2.45) is 34.5 Å². The van der Waals surface area contributed by atoms with E-state index < -0.39 is 0 Å². The van der Waals surface area contributed by atoms with Gasteiger partial charge in [-0.3, -0.25) is 4.79 Å². The molecule has 8 atom stereocenters. The summed E-state index contributed by atoms with van der Waals surface area (Å²) in [5.41, 5.74) is 1.80. The van der Waals surface area contributed by atoms with Gasteiger partial charge in [0.15, 0.2) is 0 Å². The van der Waals surface area contributed by atoms with Gasteiger partial charge in [-0.2, -0.15) is 0 Å². The van der Waals surface area contributed by atoms with Gasteiger partial charge >= 0.3 is 0 Å². The molecule has 1 aromatic rings. The fourth-order valence-corrected chi connectivity index (χ4v) is 8.67. The number of amides is 1. The fraction of sp³-hybridized carbons (Fsp3) is 0.690. The molecule has 0 spiro atoms. The second-order valence-corrected chi connectivity index (χ2v) is 12.3. The Balaban J connectivity index is 1.19. The molecule has 5 unspecified atom stereocenters. The Kier molecular flexibility index (Phi) is 5.08. The average Bonchev–Trinajstić information content (AvgIpc) is 3.43. The molecule has 178 valence electrons. The number of rotatable bonds is 3. The van der Waals surface area contributed by atoms with Gasteiger partial charge in [-0.1, -0.05) is 26.8 Å². The van der Waals surface area contributed by atoms with Crippen LogP contribution in [0.25, 0.3) is 0 Å². The molecule has 0 radical (unpaired) electrons. The molecule has 6 rings (SSSR count). The van der Waals surface area contributed by atoms with Gasteiger partial charge in [0, 0.05) is 30.2 Å². The second kappa shape index (κ2) is 7.78. The van der Waals surface area contributed by atoms with Crippen LogP contribution in [0.5, 0.6) is 5.75 Å². The molecule has 4 fully saturated rings. The number of carbonyl (C=O) groups excluding carboxylic acids is 1. The molecule has 1 amide bonds. The van der Waals surface area contributed by atoms with Crippen LogP contribution in [0.3, 0.4) is 0 Å². The molecule has 1 aromatic carbocycles. The minimum Gasteiger partial charge on any atom is -0.490 e. The average molecular weight is 449 g/mol. The molecule has 4 nitrogen and oxygen atoms in total. The lowest BCUT2D eigenvalue weighted by molar-refractivity contribution is -0.124. The third kappa shape index (κ3) is 3.51. The van der Waals surface area contributed by atoms with Crippen LogP contribution in [0.15, 0.2) is 36.4 Å². The minimum atomic E-state index is 0.0915. The lowest BCUT2D eigenvalue weighted by atomic mass is 9.46. The molecule has 1 N–H and O–H groups in total. The number of nitrogens with zero attached hydrogens (tertiary/aromatic N) is 1. The van der Waals surface area contributed by atoms with Crippen LogP contribution in [0.4, 0.5) is 5.69 Å². The smallest absolute Gasteiger partial charge is 0.243 e. The quantitative estimate of drug-likeness (QED) is 0.657. The predicted molar refractivity (Wildman–Crippen MR) is 132 cm³/mol. The molecule has 2 aliphatic heterocycles. The van der Waals surface area contributed by atoms with Crippen molar-refractivity contribution in [3.05, 3.63) is 36.4 Å². The first kappa shape index (κ1) is 21.6. The van der Waals surface area contributed by atoms with E-state index in [4.69, 9.17) is 4.74 Å². The summed E-state index contributed by atoms with van der Waals surface area (Å²) in [7, 11) is 0. The number of carbonyl (C=O) groups is 1. The highest BCUT2D eigenvalue weighted by Gasteiger charge is 2.60. The third-order valence-corrected chi connectivity index (χ3v) is 10.4. The van der Waals surface area contributed by atoms with Crippen LogP contribution in [0.1, 0.15) is 65.7 Å². The molecule has 1 saturated heterocycles. The van der Waals surface area contributed by atoms with E-state index in [1.165, 1.54) is 57.3 Å². The van der Waals surface area contributed by atoms with Crippen LogP contribution in [-0.4, -0.2) is 31.1 Å². The van der Waals surface area contributed by atoms with Crippen LogP contribution in [0, 0.1) is 34.5 Å². The first-order chi connectivity index (χ1) is 15.9. The van der Waals surface area contributed by atoms with E-state index in [2.05, 4.69) is 61.3 Å². The SMILES string of the molecule is CC1CC2NC(=O)C=C[C@]2(C)C2CC[C@]3(C)C[C@@H](Oc4ccc(N5CCCC5)cc4)CC3C12. The van der Waals surface area contributed by atoms with E-state index in [1.54, 1.807) is 6.08 Å². The van der Waals surface area contributed by atoms with Gasteiger partial charge in [0.2, 0.25) is 5.91 Å². The highest BCUT2D eigenvalue weighted by Crippen LogP contribution is 2.64. The van der Waals surface area contributed by atoms with E-state index >= 15 is 0 Å². The Hall–Kier alpha value is -1.97. The summed E-state index contributed by atoms with van der Waals surface area (Å²) in [6.07, 6.45) is 13.0. The molecular weight excluding hydrogens is 408 g/mol. The molecule has 5 aliphatic rings. The maximum atomic E-state index is 12.1. The van der Waals surface area contributed by atoms with Crippen molar-refractivity contribution >= 4 is 11.6 Å². The first-order valence-electron chi connectivity index (χ1n) is 13.4. The first-order valence-corrected chi connectivity index (χ1v) is 13.4. The largest absolute Gasteiger partial charge is 0.490 e. The molecule has 3 aliphatic carbocycles. The molecule has 0 bridgehead atoms. The van der Waals surface area contributed by atoms with E-state index in [9.17, 15) is 4.79 Å². The molecule has 4 heteroatoms. The van der Waals surface area contributed by atoms with Gasteiger partial charge in [0.05, 0.1) is 6.10 Å². The van der Waals surface area contributed by atoms with E-state index in [0.29, 0.717) is 29.3 Å². The number of fused-ring (bicyclic) bond motifs is 5. The Morgan fingerprint density at radius 3 is 2.58 bits per heavy atom. The van der Waals surface area contributed by atoms with Crippen molar-refractivity contribution in [1.29, 1.82) is 0 Å². The maximum absolute atomic E-state index is 12.1. The predicted octanol–water partition coefficient (Wildman–Crippen LogP) is 5.58. The van der Waals surface area contributed by atoms with Gasteiger partial charge in [-0.25, -0.2) is 0 Å². The van der Waals surface area contributed by atoms with Crippen LogP contribution in [-0.2, 0) is 4.79 Å². The normalized spacial score (nSPS) is 44.1. The third-order valence-electron chi connectivity index (χ3n) is 10.4. The summed E-state index contributed by atoms with van der Waals surface area (Å²) >= 11 is 0. The van der Waals surface area contributed by atoms with Crippen molar-refractivity contribution < 1.29 is 9.53 Å². The summed E-state index contributed by atoms with van der Waals surface area (Å²) in [6.45, 7) is 9.75. The summed E-state index contributed by atoms with van der Waals surface area (Å²) < 4.78 is 6.62. The summed E-state index contributed by atoms with van der Waals surface area (Å²) in [5, 5.41) is 3.30. The number of anilines is 1. The van der Waals surface area contributed by atoms with Gasteiger partial charge < -0.3 is 15.0 Å². The van der Waals surface area contributed by atoms with Crippen LogP contribution in [0.2, 0.25) is 0 Å². The summed E-state index contributed by atoms with van der Waals surface area (Å²) in [6, 6.07) is 9.15. The Morgan fingerprint density at radius 2 is 1.82 bits per heavy atom. The molecule has 33 heavy (non-hydrogen) atoms. The lowest BCUT2D eigenvalue weighted by Crippen LogP contribution is -2.61. The van der Waals surface area contributed by atoms with Gasteiger partial charge in [0.1, 0.15) is 5.75 Å². The number of ether oxygens (including phenoxy) is 1. The zero-order valence-electron chi connectivity index (χ0n) is 20.6. The number of hydrogen-bond donors (Lipinski definition) is 1. The zero-order chi connectivity index (χ0) is 22.8. The Labute approximate surface area is 199 Å². The summed E-state index contributed by atoms with van der Waals surface area (Å²) in [4.78, 5) is 14.5. The van der Waals surface area contributed by atoms with Crippen molar-refractivity contribution in [3.8, 4) is 5.75 Å². The van der Waals surface area contributed by atoms with Crippen LogP contribution < -0.4 is 15.0 Å².